The molecule has 5 rings (SSSR count). The Labute approximate surface area is 198 Å². The summed E-state index contributed by atoms with van der Waals surface area (Å²) in [7, 11) is 0. The van der Waals surface area contributed by atoms with Crippen LogP contribution in [0.4, 0.5) is 19.6 Å². The quantitative estimate of drug-likeness (QED) is 0.214. The summed E-state index contributed by atoms with van der Waals surface area (Å²) in [5.74, 6) is -1.88. The minimum atomic E-state index is -0.794. The minimum absolute atomic E-state index is 0.000718. The normalized spacial score (nSPS) is 11.4. The lowest BCUT2D eigenvalue weighted by Gasteiger charge is -2.19. The largest absolute Gasteiger partial charge is 0.337 e. The summed E-state index contributed by atoms with van der Waals surface area (Å²) in [6.07, 6.45) is 5.69. The van der Waals surface area contributed by atoms with Crippen LogP contribution in [0.15, 0.2) is 55.1 Å². The lowest BCUT2D eigenvalue weighted by Crippen LogP contribution is -2.31. The van der Waals surface area contributed by atoms with Crippen LogP contribution >= 0.6 is 22.7 Å². The molecule has 0 aliphatic rings. The summed E-state index contributed by atoms with van der Waals surface area (Å²) < 4.78 is 30.9. The molecule has 0 radical (unpaired) electrons. The molecule has 0 saturated heterocycles. The maximum absolute atomic E-state index is 14.3. The smallest absolute Gasteiger partial charge is 0.270 e. The van der Waals surface area contributed by atoms with Gasteiger partial charge in [0.1, 0.15) is 11.3 Å². The topological polar surface area (TPSA) is 94.2 Å². The monoisotopic (exact) mass is 499 g/mol. The number of non-ortho nitro benzene ring substituents is 1. The molecule has 34 heavy (non-hydrogen) atoms. The van der Waals surface area contributed by atoms with Crippen LogP contribution in [0.1, 0.15) is 16.1 Å². The predicted molar refractivity (Wildman–Crippen MR) is 127 cm³/mol. The molecule has 0 aliphatic heterocycles. The molecule has 2 aromatic carbocycles. The number of carbonyl (C=O) groups is 1. The van der Waals surface area contributed by atoms with Gasteiger partial charge in [-0.2, -0.15) is 0 Å². The number of hydrogen-bond acceptors (Lipinski definition) is 7. The van der Waals surface area contributed by atoms with E-state index < -0.39 is 16.6 Å². The van der Waals surface area contributed by atoms with Gasteiger partial charge in [-0.1, -0.05) is 11.3 Å². The summed E-state index contributed by atoms with van der Waals surface area (Å²) in [6, 6.07) is 7.96. The fourth-order valence-corrected chi connectivity index (χ4v) is 5.58. The summed E-state index contributed by atoms with van der Waals surface area (Å²) in [5.41, 5.74) is -0.0639. The van der Waals surface area contributed by atoms with Gasteiger partial charge in [-0.25, -0.2) is 18.7 Å². The number of aryl methyl sites for hydroxylation is 1. The number of hydrogen-bond donors (Lipinski definition) is 0. The number of aromatic nitrogens is 3. The zero-order valence-corrected chi connectivity index (χ0v) is 19.0. The Bertz CT molecular complexity index is 1530. The number of nitro benzene ring substituents is 1. The van der Waals surface area contributed by atoms with E-state index in [4.69, 9.17) is 0 Å². The van der Waals surface area contributed by atoms with E-state index in [1.165, 1.54) is 34.4 Å². The van der Waals surface area contributed by atoms with E-state index >= 15 is 0 Å². The van der Waals surface area contributed by atoms with Crippen molar-refractivity contribution >= 4 is 59.7 Å². The molecule has 172 valence electrons. The van der Waals surface area contributed by atoms with Gasteiger partial charge in [0.15, 0.2) is 10.9 Å². The van der Waals surface area contributed by atoms with Crippen LogP contribution in [0.5, 0.6) is 0 Å². The molecule has 0 atom stereocenters. The van der Waals surface area contributed by atoms with Crippen molar-refractivity contribution in [2.45, 2.75) is 13.0 Å². The highest BCUT2D eigenvalue weighted by Gasteiger charge is 2.24. The first-order valence-corrected chi connectivity index (χ1v) is 11.7. The van der Waals surface area contributed by atoms with Crippen molar-refractivity contribution in [3.63, 3.8) is 0 Å². The van der Waals surface area contributed by atoms with Crippen molar-refractivity contribution in [1.29, 1.82) is 0 Å². The van der Waals surface area contributed by atoms with Crippen LogP contribution < -0.4 is 4.90 Å². The highest BCUT2D eigenvalue weighted by atomic mass is 32.1. The minimum Gasteiger partial charge on any atom is -0.337 e. The molecule has 0 aliphatic carbocycles. The highest BCUT2D eigenvalue weighted by Crippen LogP contribution is 2.34. The van der Waals surface area contributed by atoms with Crippen LogP contribution in [0.3, 0.4) is 0 Å². The molecule has 8 nitrogen and oxygen atoms in total. The van der Waals surface area contributed by atoms with Gasteiger partial charge in [0.05, 0.1) is 20.8 Å². The summed E-state index contributed by atoms with van der Waals surface area (Å²) in [5, 5.41) is 11.9. The maximum Gasteiger partial charge on any atom is 0.270 e. The molecule has 0 unspecified atom stereocenters. The second kappa shape index (κ2) is 8.88. The number of fused-ring (bicyclic) bond motifs is 2. The van der Waals surface area contributed by atoms with Gasteiger partial charge in [0.2, 0.25) is 0 Å². The van der Waals surface area contributed by atoms with E-state index in [2.05, 4.69) is 9.97 Å². The molecule has 0 bridgehead atoms. The molecule has 0 fully saturated rings. The van der Waals surface area contributed by atoms with E-state index in [1.807, 2.05) is 4.57 Å². The zero-order chi connectivity index (χ0) is 23.8. The average molecular weight is 500 g/mol. The number of halogens is 2. The average Bonchev–Trinajstić information content (AvgIpc) is 3.54. The molecule has 0 spiro atoms. The Hall–Kier alpha value is -3.77. The Morgan fingerprint density at radius 1 is 1.15 bits per heavy atom. The SMILES string of the molecule is O=C(c1cc2cc([N+](=O)[O-])ccc2s1)N(CCCn1ccnc1)c1nc2c(F)cc(F)cc2s1. The number of thiazole rings is 1. The number of rotatable bonds is 7. The second-order valence-electron chi connectivity index (χ2n) is 7.43. The number of thiophene rings is 1. The number of nitrogens with zero attached hydrogens (tertiary/aromatic N) is 5. The van der Waals surface area contributed by atoms with E-state index in [0.29, 0.717) is 27.9 Å². The van der Waals surface area contributed by atoms with Gasteiger partial charge in [-0.15, -0.1) is 11.3 Å². The summed E-state index contributed by atoms with van der Waals surface area (Å²) in [4.78, 5) is 34.2. The van der Waals surface area contributed by atoms with Crippen molar-refractivity contribution in [2.24, 2.45) is 0 Å². The third kappa shape index (κ3) is 4.24. The van der Waals surface area contributed by atoms with E-state index in [1.54, 1.807) is 30.9 Å². The number of amides is 1. The zero-order valence-electron chi connectivity index (χ0n) is 17.4. The van der Waals surface area contributed by atoms with E-state index in [0.717, 1.165) is 22.1 Å². The van der Waals surface area contributed by atoms with Crippen LogP contribution in [0.25, 0.3) is 20.3 Å². The van der Waals surface area contributed by atoms with Crippen LogP contribution in [0.2, 0.25) is 0 Å². The Kier molecular flexibility index (Phi) is 5.75. The molecule has 12 heteroatoms. The summed E-state index contributed by atoms with van der Waals surface area (Å²) in [6.45, 7) is 0.867. The number of anilines is 1. The van der Waals surface area contributed by atoms with Gasteiger partial charge in [0.25, 0.3) is 11.6 Å². The maximum atomic E-state index is 14.3. The standard InChI is InChI=1S/C22H15F2N5O3S2/c23-14-10-16(24)20-18(11-14)34-22(26-20)28(6-1-5-27-7-4-25-12-27)21(30)19-9-13-8-15(29(31)32)2-3-17(13)33-19/h2-4,7-12H,1,5-6H2. The second-order valence-corrected chi connectivity index (χ2v) is 9.52. The van der Waals surface area contributed by atoms with Crippen molar-refractivity contribution in [3.05, 3.63) is 81.7 Å². The fraction of sp³-hybridized carbons (Fsp3) is 0.136. The van der Waals surface area contributed by atoms with Crippen molar-refractivity contribution in [3.8, 4) is 0 Å². The Morgan fingerprint density at radius 2 is 2.00 bits per heavy atom. The van der Waals surface area contributed by atoms with Gasteiger partial charge in [-0.05, 0) is 24.6 Å². The van der Waals surface area contributed by atoms with Gasteiger partial charge < -0.3 is 4.57 Å². The lowest BCUT2D eigenvalue weighted by atomic mass is 10.2. The Morgan fingerprint density at radius 3 is 2.76 bits per heavy atom. The van der Waals surface area contributed by atoms with Crippen molar-refractivity contribution in [2.75, 3.05) is 11.4 Å². The third-order valence-corrected chi connectivity index (χ3v) is 7.29. The lowest BCUT2D eigenvalue weighted by molar-refractivity contribution is -0.384. The third-order valence-electron chi connectivity index (χ3n) is 5.16. The predicted octanol–water partition coefficient (Wildman–Crippen LogP) is 5.63. The van der Waals surface area contributed by atoms with E-state index in [9.17, 15) is 23.7 Å². The van der Waals surface area contributed by atoms with Crippen LogP contribution in [-0.4, -0.2) is 31.9 Å². The number of imidazole rings is 1. The molecule has 0 saturated carbocycles. The number of nitro groups is 1. The molecule has 1 amide bonds. The molecular weight excluding hydrogens is 484 g/mol. The summed E-state index contributed by atoms with van der Waals surface area (Å²) >= 11 is 2.23. The Balaban J connectivity index is 1.50. The first kappa shape index (κ1) is 22.0. The van der Waals surface area contributed by atoms with E-state index in [-0.39, 0.29) is 28.8 Å². The molecule has 3 heterocycles. The van der Waals surface area contributed by atoms with Gasteiger partial charge in [0, 0.05) is 53.8 Å². The van der Waals surface area contributed by atoms with Crippen LogP contribution in [0, 0.1) is 21.7 Å². The highest BCUT2D eigenvalue weighted by molar-refractivity contribution is 7.23. The molecule has 5 aromatic rings. The molecule has 0 N–H and O–H groups in total. The van der Waals surface area contributed by atoms with Gasteiger partial charge in [-0.3, -0.25) is 19.8 Å². The van der Waals surface area contributed by atoms with Crippen molar-refractivity contribution in [1.82, 2.24) is 14.5 Å². The molecular formula is C22H15F2N5O3S2. The van der Waals surface area contributed by atoms with Gasteiger partial charge >= 0.3 is 0 Å². The first-order chi connectivity index (χ1) is 16.4. The number of benzene rings is 2. The fourth-order valence-electron chi connectivity index (χ4n) is 3.56. The van der Waals surface area contributed by atoms with Crippen LogP contribution in [-0.2, 0) is 6.54 Å². The molecule has 3 aromatic heterocycles. The number of carbonyl (C=O) groups excluding carboxylic acids is 1. The first-order valence-electron chi connectivity index (χ1n) is 10.1. The van der Waals surface area contributed by atoms with Crippen molar-refractivity contribution < 1.29 is 18.5 Å².